The van der Waals surface area contributed by atoms with E-state index < -0.39 is 0 Å². The average Bonchev–Trinajstić information content (AvgIpc) is 4.11. The number of nitrogens with zero attached hydrogens (tertiary/aromatic N) is 1. The molecule has 284 valence electrons. The molecule has 3 N–H and O–H groups in total. The van der Waals surface area contributed by atoms with Crippen molar-refractivity contribution >= 4 is 44.7 Å². The van der Waals surface area contributed by atoms with Crippen molar-refractivity contribution in [1.29, 1.82) is 0 Å². The van der Waals surface area contributed by atoms with E-state index in [0.717, 1.165) is 100 Å². The Labute approximate surface area is 349 Å². The molecule has 10 rings (SSSR count). The highest BCUT2D eigenvalue weighted by Crippen LogP contribution is 2.39. The Balaban J connectivity index is 1.39. The predicted octanol–water partition coefficient (Wildman–Crippen LogP) is 13.4. The maximum Gasteiger partial charge on any atom is 0.0894 e. The van der Waals surface area contributed by atoms with Crippen molar-refractivity contribution in [2.24, 2.45) is 0 Å². The predicted molar refractivity (Wildman–Crippen MR) is 250 cm³/mol. The molecule has 9 aromatic rings. The first-order valence-electron chi connectivity index (χ1n) is 20.2. The number of hydrogen-bond donors (Lipinski definition) is 3. The van der Waals surface area contributed by atoms with Gasteiger partial charge in [0.1, 0.15) is 0 Å². The maximum absolute atomic E-state index is 5.50. The lowest BCUT2D eigenvalue weighted by atomic mass is 9.99. The van der Waals surface area contributed by atoms with E-state index >= 15 is 0 Å². The van der Waals surface area contributed by atoms with Crippen LogP contribution in [0.15, 0.2) is 164 Å². The first-order valence-corrected chi connectivity index (χ1v) is 20.2. The maximum atomic E-state index is 5.50. The molecule has 1 aliphatic rings. The van der Waals surface area contributed by atoms with Crippen molar-refractivity contribution in [3.05, 3.63) is 209 Å². The molecule has 0 radical (unpaired) electrons. The van der Waals surface area contributed by atoms with Gasteiger partial charge >= 0.3 is 0 Å². The van der Waals surface area contributed by atoms with Crippen molar-refractivity contribution < 1.29 is 0 Å². The lowest BCUT2D eigenvalue weighted by Gasteiger charge is -2.07. The fraction of sp³-hybridized carbons (Fsp3) is 0.0536. The van der Waals surface area contributed by atoms with Crippen LogP contribution in [0.4, 0.5) is 0 Å². The van der Waals surface area contributed by atoms with Gasteiger partial charge in [0.2, 0.25) is 0 Å². The van der Waals surface area contributed by atoms with Gasteiger partial charge in [0.15, 0.2) is 0 Å². The molecule has 4 nitrogen and oxygen atoms in total. The summed E-state index contributed by atoms with van der Waals surface area (Å²) < 4.78 is 0. The minimum absolute atomic E-state index is 0.782. The van der Waals surface area contributed by atoms with Crippen LogP contribution in [0.25, 0.3) is 78.1 Å². The molecule has 0 spiro atoms. The fourth-order valence-corrected chi connectivity index (χ4v) is 7.90. The third-order valence-corrected chi connectivity index (χ3v) is 11.0. The van der Waals surface area contributed by atoms with E-state index in [4.69, 9.17) is 4.98 Å². The first-order chi connectivity index (χ1) is 29.4. The van der Waals surface area contributed by atoms with Crippen LogP contribution in [-0.4, -0.2) is 19.9 Å². The van der Waals surface area contributed by atoms with E-state index in [1.807, 2.05) is 60.7 Å². The summed E-state index contributed by atoms with van der Waals surface area (Å²) in [5.41, 5.74) is 20.6. The summed E-state index contributed by atoms with van der Waals surface area (Å²) in [5.74, 6) is 14.0. The third kappa shape index (κ3) is 7.09. The number of aryl methyl sites for hydroxylation is 3. The summed E-state index contributed by atoms with van der Waals surface area (Å²) in [6.07, 6.45) is 2.11. The van der Waals surface area contributed by atoms with Gasteiger partial charge in [0.05, 0.1) is 33.6 Å². The number of rotatable bonds is 3. The Bertz CT molecular complexity index is 3350. The Kier molecular flexibility index (Phi) is 9.30. The summed E-state index contributed by atoms with van der Waals surface area (Å²) in [7, 11) is 0. The van der Waals surface area contributed by atoms with Gasteiger partial charge in [0.25, 0.3) is 0 Å². The molecule has 0 amide bonds. The van der Waals surface area contributed by atoms with Crippen LogP contribution >= 0.6 is 0 Å². The van der Waals surface area contributed by atoms with Crippen LogP contribution in [0.2, 0.25) is 0 Å². The van der Waals surface area contributed by atoms with E-state index in [2.05, 4.69) is 169 Å². The Hall–Kier alpha value is -8.05. The number of nitrogens with one attached hydrogen (secondary N) is 3. The molecule has 60 heavy (non-hydrogen) atoms. The zero-order valence-electron chi connectivity index (χ0n) is 33.6. The molecule has 0 atom stereocenters. The van der Waals surface area contributed by atoms with Gasteiger partial charge in [-0.1, -0.05) is 150 Å². The minimum Gasteiger partial charge on any atom is -0.354 e. The fourth-order valence-electron chi connectivity index (χ4n) is 7.90. The Morgan fingerprint density at radius 2 is 0.850 bits per heavy atom. The highest BCUT2D eigenvalue weighted by molar-refractivity contribution is 6.05. The second-order valence-corrected chi connectivity index (χ2v) is 15.4. The van der Waals surface area contributed by atoms with Gasteiger partial charge in [-0.3, -0.25) is 0 Å². The molecule has 5 aromatic carbocycles. The summed E-state index contributed by atoms with van der Waals surface area (Å²) in [5, 5.41) is 0. The van der Waals surface area contributed by atoms with E-state index in [1.54, 1.807) is 0 Å². The van der Waals surface area contributed by atoms with Gasteiger partial charge in [-0.15, -0.1) is 0 Å². The summed E-state index contributed by atoms with van der Waals surface area (Å²) in [4.78, 5) is 17.1. The molecule has 0 fully saturated rings. The smallest absolute Gasteiger partial charge is 0.0894 e. The van der Waals surface area contributed by atoms with Crippen molar-refractivity contribution in [3.63, 3.8) is 0 Å². The second-order valence-electron chi connectivity index (χ2n) is 15.4. The summed E-state index contributed by atoms with van der Waals surface area (Å²) in [6, 6.07) is 57.2. The standard InChI is InChI=1S/C56H40N4/c1-36-14-22-41(23-15-36)52-46-30-32-48(57-46)53(42-24-16-37(2)17-25-42)55-44(28-20-39-10-6-4-7-11-39)34-50(59-55)51-35-45(29-21-40-12-8-5-9-13-40)56(60-51)54(49-33-31-47(52)58-49)43-26-18-38(3)19-27-43/h4-19,22-27,30-35,57-59H,1-3H3. The van der Waals surface area contributed by atoms with Crippen molar-refractivity contribution in [3.8, 4) is 57.1 Å². The number of H-pyrrole nitrogens is 3. The van der Waals surface area contributed by atoms with E-state index in [9.17, 15) is 0 Å². The van der Waals surface area contributed by atoms with Crippen LogP contribution in [0, 0.1) is 44.5 Å². The molecule has 1 aliphatic heterocycles. The summed E-state index contributed by atoms with van der Waals surface area (Å²) >= 11 is 0. The second kappa shape index (κ2) is 15.4. The molecule has 5 heterocycles. The molecular weight excluding hydrogens is 729 g/mol. The molecule has 0 unspecified atom stereocenters. The largest absolute Gasteiger partial charge is 0.354 e. The molecule has 0 aliphatic carbocycles. The van der Waals surface area contributed by atoms with Crippen LogP contribution in [0.5, 0.6) is 0 Å². The quantitative estimate of drug-likeness (QED) is 0.154. The highest BCUT2D eigenvalue weighted by atomic mass is 14.8. The van der Waals surface area contributed by atoms with Gasteiger partial charge in [-0.2, -0.15) is 0 Å². The number of hydrogen-bond acceptors (Lipinski definition) is 1. The number of aromatic nitrogens is 4. The van der Waals surface area contributed by atoms with Gasteiger partial charge in [-0.25, -0.2) is 4.98 Å². The van der Waals surface area contributed by atoms with Crippen LogP contribution in [0.3, 0.4) is 0 Å². The van der Waals surface area contributed by atoms with Crippen LogP contribution in [-0.2, 0) is 0 Å². The monoisotopic (exact) mass is 768 g/mol. The lowest BCUT2D eigenvalue weighted by molar-refractivity contribution is 1.31. The zero-order valence-corrected chi connectivity index (χ0v) is 33.6. The number of aromatic amines is 3. The van der Waals surface area contributed by atoms with Gasteiger partial charge in [0, 0.05) is 49.9 Å². The zero-order chi connectivity index (χ0) is 40.6. The van der Waals surface area contributed by atoms with Gasteiger partial charge < -0.3 is 15.0 Å². The SMILES string of the molecule is Cc1ccc(-c2c3nc(c4cc(C#Cc5ccccc5)c([nH]4)c(-c4ccc(C)cc4)c4ccc([nH]4)c(-c4ccc(C)cc4)c4ccc2[nH]4)C=C3C#Cc2ccccc2)cc1. The molecule has 4 aromatic heterocycles. The van der Waals surface area contributed by atoms with Crippen LogP contribution in [0.1, 0.15) is 44.8 Å². The van der Waals surface area contributed by atoms with Crippen molar-refractivity contribution in [2.75, 3.05) is 0 Å². The summed E-state index contributed by atoms with van der Waals surface area (Å²) in [6.45, 7) is 6.36. The molecular formula is C56H40N4. The van der Waals surface area contributed by atoms with Crippen LogP contribution < -0.4 is 0 Å². The molecule has 4 heteroatoms. The van der Waals surface area contributed by atoms with E-state index in [0.29, 0.717) is 0 Å². The lowest BCUT2D eigenvalue weighted by Crippen LogP contribution is -1.89. The van der Waals surface area contributed by atoms with Crippen molar-refractivity contribution in [2.45, 2.75) is 20.8 Å². The minimum atomic E-state index is 0.782. The van der Waals surface area contributed by atoms with E-state index in [-0.39, 0.29) is 0 Å². The highest BCUT2D eigenvalue weighted by Gasteiger charge is 2.20. The van der Waals surface area contributed by atoms with Crippen molar-refractivity contribution in [1.82, 2.24) is 19.9 Å². The number of allylic oxidation sites excluding steroid dienone is 1. The third-order valence-electron chi connectivity index (χ3n) is 11.0. The molecule has 0 saturated heterocycles. The topological polar surface area (TPSA) is 60.3 Å². The Morgan fingerprint density at radius 3 is 1.38 bits per heavy atom. The normalized spacial score (nSPS) is 11.4. The van der Waals surface area contributed by atoms with Gasteiger partial charge in [-0.05, 0) is 98.1 Å². The van der Waals surface area contributed by atoms with E-state index in [1.165, 1.54) is 16.7 Å². The number of benzene rings is 5. The molecule has 0 saturated carbocycles. The first kappa shape index (κ1) is 36.3. The number of fused-ring (bicyclic) bond motifs is 9. The Morgan fingerprint density at radius 1 is 0.400 bits per heavy atom. The molecule has 8 bridgehead atoms. The average molecular weight is 769 g/mol.